The van der Waals surface area contributed by atoms with Gasteiger partial charge in [-0.05, 0) is 18.9 Å². The lowest BCUT2D eigenvalue weighted by Gasteiger charge is -1.69. The van der Waals surface area contributed by atoms with Crippen molar-refractivity contribution in [3.05, 3.63) is 11.1 Å². The van der Waals surface area contributed by atoms with E-state index in [0.29, 0.717) is 0 Å². The van der Waals surface area contributed by atoms with Gasteiger partial charge in [0, 0.05) is 0 Å². The quantitative estimate of drug-likeness (QED) is 0.464. The average molecular weight is 84.1 g/mol. The standard InChI is InChI=1S/C5H8O/c1-4-2-5(4)3-6/h6H,2-3H2,1H3. The van der Waals surface area contributed by atoms with Gasteiger partial charge in [-0.1, -0.05) is 5.57 Å². The van der Waals surface area contributed by atoms with Crippen molar-refractivity contribution in [3.63, 3.8) is 0 Å². The van der Waals surface area contributed by atoms with Gasteiger partial charge in [-0.15, -0.1) is 0 Å². The largest absolute Gasteiger partial charge is 0.392 e. The monoisotopic (exact) mass is 84.1 g/mol. The molecule has 0 aromatic carbocycles. The van der Waals surface area contributed by atoms with Gasteiger partial charge in [0.05, 0.1) is 6.61 Å². The second-order valence-electron chi connectivity index (χ2n) is 1.72. The van der Waals surface area contributed by atoms with E-state index in [0.717, 1.165) is 6.42 Å². The number of rotatable bonds is 1. The van der Waals surface area contributed by atoms with E-state index < -0.39 is 0 Å². The maximum Gasteiger partial charge on any atom is 0.0647 e. The van der Waals surface area contributed by atoms with E-state index in [1.165, 1.54) is 11.1 Å². The number of aliphatic hydroxyl groups is 1. The van der Waals surface area contributed by atoms with Crippen LogP contribution < -0.4 is 0 Å². The summed E-state index contributed by atoms with van der Waals surface area (Å²) in [6.07, 6.45) is 1.08. The molecule has 0 fully saturated rings. The summed E-state index contributed by atoms with van der Waals surface area (Å²) in [6.45, 7) is 2.33. The van der Waals surface area contributed by atoms with Crippen LogP contribution in [0.1, 0.15) is 13.3 Å². The van der Waals surface area contributed by atoms with Crippen LogP contribution in [-0.4, -0.2) is 11.7 Å². The fraction of sp³-hybridized carbons (Fsp3) is 0.600. The molecule has 0 aromatic heterocycles. The summed E-state index contributed by atoms with van der Waals surface area (Å²) >= 11 is 0. The van der Waals surface area contributed by atoms with Crippen molar-refractivity contribution in [1.29, 1.82) is 0 Å². The van der Waals surface area contributed by atoms with Gasteiger partial charge in [0.15, 0.2) is 0 Å². The zero-order valence-electron chi connectivity index (χ0n) is 3.86. The third-order valence-corrected chi connectivity index (χ3v) is 1.15. The average Bonchev–Trinajstić information content (AvgIpc) is 2.19. The molecule has 1 rings (SSSR count). The fourth-order valence-corrected chi connectivity index (χ4v) is 0.467. The summed E-state index contributed by atoms with van der Waals surface area (Å²) in [5.74, 6) is 0. The summed E-state index contributed by atoms with van der Waals surface area (Å²) in [4.78, 5) is 0. The predicted octanol–water partition coefficient (Wildman–Crippen LogP) is 0.699. The van der Waals surface area contributed by atoms with E-state index in [4.69, 9.17) is 5.11 Å². The highest BCUT2D eigenvalue weighted by Crippen LogP contribution is 2.28. The van der Waals surface area contributed by atoms with Gasteiger partial charge in [-0.3, -0.25) is 0 Å². The van der Waals surface area contributed by atoms with E-state index in [-0.39, 0.29) is 6.61 Å². The molecule has 34 valence electrons. The van der Waals surface area contributed by atoms with Gasteiger partial charge in [0.25, 0.3) is 0 Å². The molecule has 0 unspecified atom stereocenters. The van der Waals surface area contributed by atoms with Gasteiger partial charge in [0.1, 0.15) is 0 Å². The molecular weight excluding hydrogens is 76.1 g/mol. The lowest BCUT2D eigenvalue weighted by atomic mass is 10.5. The number of hydrogen-bond acceptors (Lipinski definition) is 1. The molecule has 0 aliphatic heterocycles. The lowest BCUT2D eigenvalue weighted by molar-refractivity contribution is 0.335. The van der Waals surface area contributed by atoms with E-state index in [1.54, 1.807) is 0 Å². The highest BCUT2D eigenvalue weighted by Gasteiger charge is 2.13. The number of aliphatic hydroxyl groups excluding tert-OH is 1. The smallest absolute Gasteiger partial charge is 0.0647 e. The number of allylic oxidation sites excluding steroid dienone is 1. The van der Waals surface area contributed by atoms with Crippen molar-refractivity contribution >= 4 is 0 Å². The Labute approximate surface area is 37.3 Å². The Morgan fingerprint density at radius 3 is 2.33 bits per heavy atom. The van der Waals surface area contributed by atoms with Crippen LogP contribution >= 0.6 is 0 Å². The van der Waals surface area contributed by atoms with Gasteiger partial charge in [-0.25, -0.2) is 0 Å². The summed E-state index contributed by atoms with van der Waals surface area (Å²) < 4.78 is 0. The molecule has 1 heteroatoms. The zero-order chi connectivity index (χ0) is 4.57. The molecule has 0 spiro atoms. The second-order valence-corrected chi connectivity index (χ2v) is 1.72. The van der Waals surface area contributed by atoms with Crippen LogP contribution in [-0.2, 0) is 0 Å². The molecule has 0 amide bonds. The fourth-order valence-electron chi connectivity index (χ4n) is 0.467. The maximum atomic E-state index is 8.32. The van der Waals surface area contributed by atoms with Crippen molar-refractivity contribution < 1.29 is 5.11 Å². The molecule has 0 atom stereocenters. The van der Waals surface area contributed by atoms with Crippen LogP contribution in [0.3, 0.4) is 0 Å². The van der Waals surface area contributed by atoms with Gasteiger partial charge < -0.3 is 5.11 Å². The lowest BCUT2D eigenvalue weighted by Crippen LogP contribution is -1.70. The molecule has 0 saturated heterocycles. The minimum absolute atomic E-state index is 0.284. The van der Waals surface area contributed by atoms with Gasteiger partial charge >= 0.3 is 0 Å². The Morgan fingerprint density at radius 1 is 1.83 bits per heavy atom. The molecule has 1 N–H and O–H groups in total. The third-order valence-electron chi connectivity index (χ3n) is 1.15. The molecule has 1 aliphatic carbocycles. The van der Waals surface area contributed by atoms with Crippen LogP contribution in [0.25, 0.3) is 0 Å². The molecule has 1 aliphatic rings. The summed E-state index contributed by atoms with van der Waals surface area (Å²) in [7, 11) is 0. The van der Waals surface area contributed by atoms with Crippen molar-refractivity contribution in [2.75, 3.05) is 6.61 Å². The Morgan fingerprint density at radius 2 is 2.33 bits per heavy atom. The predicted molar refractivity (Wildman–Crippen MR) is 24.4 cm³/mol. The van der Waals surface area contributed by atoms with Crippen LogP contribution in [0.4, 0.5) is 0 Å². The molecule has 0 bridgehead atoms. The van der Waals surface area contributed by atoms with Crippen LogP contribution in [0.5, 0.6) is 0 Å². The second kappa shape index (κ2) is 1.09. The van der Waals surface area contributed by atoms with E-state index >= 15 is 0 Å². The molecule has 0 radical (unpaired) electrons. The first-order valence-corrected chi connectivity index (χ1v) is 2.13. The highest BCUT2D eigenvalue weighted by molar-refractivity contribution is 5.32. The first kappa shape index (κ1) is 3.88. The number of hydrogen-bond donors (Lipinski definition) is 1. The van der Waals surface area contributed by atoms with Gasteiger partial charge in [0.2, 0.25) is 0 Å². The van der Waals surface area contributed by atoms with E-state index in [1.807, 2.05) is 6.92 Å². The maximum absolute atomic E-state index is 8.32. The summed E-state index contributed by atoms with van der Waals surface area (Å²) in [5, 5.41) is 8.32. The summed E-state index contributed by atoms with van der Waals surface area (Å²) in [6, 6.07) is 0. The van der Waals surface area contributed by atoms with Crippen LogP contribution in [0.15, 0.2) is 11.1 Å². The Bertz CT molecular complexity index is 92.1. The Balaban J connectivity index is 2.38. The molecule has 0 heterocycles. The van der Waals surface area contributed by atoms with Crippen molar-refractivity contribution in [3.8, 4) is 0 Å². The van der Waals surface area contributed by atoms with Crippen LogP contribution in [0.2, 0.25) is 0 Å². The van der Waals surface area contributed by atoms with Crippen molar-refractivity contribution in [2.24, 2.45) is 0 Å². The minimum Gasteiger partial charge on any atom is -0.392 e. The first-order valence-electron chi connectivity index (χ1n) is 2.13. The van der Waals surface area contributed by atoms with Crippen LogP contribution in [0, 0.1) is 0 Å². The topological polar surface area (TPSA) is 20.2 Å². The highest BCUT2D eigenvalue weighted by atomic mass is 16.3. The molecule has 6 heavy (non-hydrogen) atoms. The SMILES string of the molecule is CC1=C(CO)C1. The normalized spacial score (nSPS) is 19.0. The first-order chi connectivity index (χ1) is 2.84. The zero-order valence-corrected chi connectivity index (χ0v) is 3.86. The Hall–Kier alpha value is -0.300. The van der Waals surface area contributed by atoms with Crippen molar-refractivity contribution in [1.82, 2.24) is 0 Å². The molecule has 1 nitrogen and oxygen atoms in total. The summed E-state index contributed by atoms with van der Waals surface area (Å²) in [5.41, 5.74) is 2.60. The van der Waals surface area contributed by atoms with E-state index in [2.05, 4.69) is 0 Å². The molecule has 0 saturated carbocycles. The molecular formula is C5H8O. The van der Waals surface area contributed by atoms with Crippen molar-refractivity contribution in [2.45, 2.75) is 13.3 Å². The molecule has 0 aromatic rings. The Kier molecular flexibility index (Phi) is 0.701. The van der Waals surface area contributed by atoms with E-state index in [9.17, 15) is 0 Å². The minimum atomic E-state index is 0.284. The van der Waals surface area contributed by atoms with Gasteiger partial charge in [-0.2, -0.15) is 0 Å². The third kappa shape index (κ3) is 0.455.